The minimum Gasteiger partial charge on any atom is -0.503 e. The van der Waals surface area contributed by atoms with Crippen molar-refractivity contribution in [3.8, 4) is 6.07 Å². The lowest BCUT2D eigenvalue weighted by Crippen LogP contribution is -2.31. The molecule has 4 rings (SSSR count). The van der Waals surface area contributed by atoms with E-state index in [2.05, 4.69) is 0 Å². The molecular weight excluding hydrogens is 372 g/mol. The fraction of sp³-hybridized carbons (Fsp3) is 0.0455. The smallest absolute Gasteiger partial charge is 0.294 e. The molecule has 1 aliphatic rings. The molecule has 0 radical (unpaired) electrons. The average molecular weight is 386 g/mol. The van der Waals surface area contributed by atoms with E-state index < -0.39 is 17.7 Å². The van der Waals surface area contributed by atoms with Crippen LogP contribution in [0.15, 0.2) is 83.4 Å². The fourth-order valence-electron chi connectivity index (χ4n) is 3.29. The topological polar surface area (TPSA) is 81.4 Å². The lowest BCUT2D eigenvalue weighted by molar-refractivity contribution is -0.117. The zero-order valence-electron chi connectivity index (χ0n) is 14.6. The lowest BCUT2D eigenvalue weighted by Gasteiger charge is -2.26. The van der Waals surface area contributed by atoms with Crippen molar-refractivity contribution in [1.82, 2.24) is 0 Å². The Bertz CT molecular complexity index is 1110. The molecule has 2 aromatic carbocycles. The van der Waals surface area contributed by atoms with E-state index in [1.54, 1.807) is 41.8 Å². The Morgan fingerprint density at radius 2 is 1.75 bits per heavy atom. The molecule has 3 aromatic rings. The number of aliphatic hydroxyl groups excluding tert-OH is 1. The minimum absolute atomic E-state index is 0.0583. The summed E-state index contributed by atoms with van der Waals surface area (Å²) in [5.74, 6) is -1.55. The summed E-state index contributed by atoms with van der Waals surface area (Å²) < 4.78 is 0. The number of nitrogens with zero attached hydrogens (tertiary/aromatic N) is 2. The molecule has 6 heteroatoms. The standard InChI is InChI=1S/C22H14N2O3S/c23-13-14-8-10-16(11-9-14)24-19(15-5-2-1-3-6-15)18(21(26)22(24)27)20(25)17-7-4-12-28-17/h1-12,19,26H. The molecule has 0 aliphatic carbocycles. The van der Waals surface area contributed by atoms with Crippen molar-refractivity contribution in [2.45, 2.75) is 6.04 Å². The van der Waals surface area contributed by atoms with E-state index in [0.29, 0.717) is 21.7 Å². The summed E-state index contributed by atoms with van der Waals surface area (Å²) in [5, 5.41) is 21.4. The second-order valence-electron chi connectivity index (χ2n) is 6.22. The maximum absolute atomic E-state index is 13.1. The Morgan fingerprint density at radius 1 is 1.04 bits per heavy atom. The number of rotatable bonds is 4. The molecule has 1 N–H and O–H groups in total. The number of aliphatic hydroxyl groups is 1. The number of amides is 1. The van der Waals surface area contributed by atoms with E-state index >= 15 is 0 Å². The Balaban J connectivity index is 1.86. The molecule has 136 valence electrons. The largest absolute Gasteiger partial charge is 0.503 e. The predicted octanol–water partition coefficient (Wildman–Crippen LogP) is 4.40. The van der Waals surface area contributed by atoms with E-state index in [1.165, 1.54) is 16.2 Å². The first-order chi connectivity index (χ1) is 13.6. The number of anilines is 1. The molecule has 0 saturated carbocycles. The van der Waals surface area contributed by atoms with Crippen molar-refractivity contribution in [2.75, 3.05) is 4.90 Å². The third-order valence-electron chi connectivity index (χ3n) is 4.59. The molecule has 1 amide bonds. The monoisotopic (exact) mass is 386 g/mol. The molecule has 0 fully saturated rings. The number of hydrogen-bond acceptors (Lipinski definition) is 5. The molecule has 1 aliphatic heterocycles. The molecule has 0 spiro atoms. The van der Waals surface area contributed by atoms with Crippen LogP contribution in [-0.4, -0.2) is 16.8 Å². The minimum atomic E-state index is -0.753. The third kappa shape index (κ3) is 2.88. The van der Waals surface area contributed by atoms with Crippen LogP contribution in [0.25, 0.3) is 0 Å². The second kappa shape index (κ2) is 7.14. The van der Waals surface area contributed by atoms with Crippen LogP contribution in [0, 0.1) is 11.3 Å². The number of ketones is 1. The van der Waals surface area contributed by atoms with Gasteiger partial charge in [-0.2, -0.15) is 5.26 Å². The Morgan fingerprint density at radius 3 is 2.36 bits per heavy atom. The van der Waals surface area contributed by atoms with Crippen molar-refractivity contribution in [2.24, 2.45) is 0 Å². The lowest BCUT2D eigenvalue weighted by atomic mass is 9.95. The molecule has 0 saturated heterocycles. The second-order valence-corrected chi connectivity index (χ2v) is 7.16. The first kappa shape index (κ1) is 17.7. The van der Waals surface area contributed by atoms with Gasteiger partial charge in [-0.3, -0.25) is 14.5 Å². The number of carbonyl (C=O) groups is 2. The summed E-state index contributed by atoms with van der Waals surface area (Å²) >= 11 is 1.26. The molecule has 2 heterocycles. The van der Waals surface area contributed by atoms with Gasteiger partial charge in [0.15, 0.2) is 5.76 Å². The van der Waals surface area contributed by atoms with Crippen LogP contribution in [0.5, 0.6) is 0 Å². The molecule has 0 bridgehead atoms. The number of hydrogen-bond donors (Lipinski definition) is 1. The predicted molar refractivity (Wildman–Crippen MR) is 106 cm³/mol. The van der Waals surface area contributed by atoms with Crippen molar-refractivity contribution in [3.63, 3.8) is 0 Å². The highest BCUT2D eigenvalue weighted by Gasteiger charge is 2.44. The van der Waals surface area contributed by atoms with Crippen LogP contribution in [0.4, 0.5) is 5.69 Å². The van der Waals surface area contributed by atoms with E-state index in [-0.39, 0.29) is 11.4 Å². The molecular formula is C22H14N2O3S. The molecule has 1 atom stereocenters. The van der Waals surface area contributed by atoms with Gasteiger partial charge in [-0.15, -0.1) is 11.3 Å². The average Bonchev–Trinajstić information content (AvgIpc) is 3.36. The van der Waals surface area contributed by atoms with Crippen molar-refractivity contribution in [3.05, 3.63) is 99.4 Å². The van der Waals surface area contributed by atoms with Crippen molar-refractivity contribution in [1.29, 1.82) is 5.26 Å². The van der Waals surface area contributed by atoms with Gasteiger partial charge in [-0.25, -0.2) is 0 Å². The molecule has 1 aromatic heterocycles. The Hall–Kier alpha value is -3.69. The highest BCUT2D eigenvalue weighted by Crippen LogP contribution is 2.42. The summed E-state index contributed by atoms with van der Waals surface area (Å²) in [7, 11) is 0. The zero-order valence-corrected chi connectivity index (χ0v) is 15.4. The van der Waals surface area contributed by atoms with Crippen LogP contribution >= 0.6 is 11.3 Å². The number of nitriles is 1. The first-order valence-electron chi connectivity index (χ1n) is 8.52. The summed E-state index contributed by atoms with van der Waals surface area (Å²) in [4.78, 5) is 27.9. The Kier molecular flexibility index (Phi) is 4.52. The first-order valence-corrected chi connectivity index (χ1v) is 9.40. The maximum Gasteiger partial charge on any atom is 0.294 e. The summed E-state index contributed by atoms with van der Waals surface area (Å²) in [5.41, 5.74) is 1.73. The number of benzene rings is 2. The Labute approximate surface area is 165 Å². The van der Waals surface area contributed by atoms with Crippen LogP contribution < -0.4 is 4.90 Å². The van der Waals surface area contributed by atoms with Gasteiger partial charge in [-0.05, 0) is 41.3 Å². The van der Waals surface area contributed by atoms with E-state index in [1.807, 2.05) is 36.4 Å². The highest BCUT2D eigenvalue weighted by molar-refractivity contribution is 7.12. The fourth-order valence-corrected chi connectivity index (χ4v) is 3.97. The maximum atomic E-state index is 13.1. The van der Waals surface area contributed by atoms with Gasteiger partial charge in [0.2, 0.25) is 5.78 Å². The summed E-state index contributed by atoms with van der Waals surface area (Å²) in [6, 6.07) is 20.3. The van der Waals surface area contributed by atoms with Gasteiger partial charge >= 0.3 is 0 Å². The van der Waals surface area contributed by atoms with Crippen LogP contribution in [0.1, 0.15) is 26.8 Å². The summed E-state index contributed by atoms with van der Waals surface area (Å²) in [6.07, 6.45) is 0. The van der Waals surface area contributed by atoms with Crippen LogP contribution in [0.3, 0.4) is 0 Å². The number of carbonyl (C=O) groups excluding carboxylic acids is 2. The SMILES string of the molecule is N#Cc1ccc(N2C(=O)C(O)=C(C(=O)c3cccs3)C2c2ccccc2)cc1. The van der Waals surface area contributed by atoms with E-state index in [4.69, 9.17) is 5.26 Å². The van der Waals surface area contributed by atoms with Gasteiger partial charge in [0.1, 0.15) is 0 Å². The van der Waals surface area contributed by atoms with Crippen LogP contribution in [-0.2, 0) is 4.79 Å². The van der Waals surface area contributed by atoms with Gasteiger partial charge in [-0.1, -0.05) is 36.4 Å². The summed E-state index contributed by atoms with van der Waals surface area (Å²) in [6.45, 7) is 0. The quantitative estimate of drug-likeness (QED) is 0.674. The van der Waals surface area contributed by atoms with Gasteiger partial charge in [0.05, 0.1) is 28.1 Å². The number of thiophene rings is 1. The molecule has 1 unspecified atom stereocenters. The van der Waals surface area contributed by atoms with Crippen molar-refractivity contribution >= 4 is 28.7 Å². The van der Waals surface area contributed by atoms with Crippen molar-refractivity contribution < 1.29 is 14.7 Å². The van der Waals surface area contributed by atoms with Gasteiger partial charge in [0, 0.05) is 5.69 Å². The molecule has 28 heavy (non-hydrogen) atoms. The third-order valence-corrected chi connectivity index (χ3v) is 5.46. The van der Waals surface area contributed by atoms with Gasteiger partial charge < -0.3 is 5.11 Å². The zero-order chi connectivity index (χ0) is 19.7. The van der Waals surface area contributed by atoms with E-state index in [9.17, 15) is 14.7 Å². The normalized spacial score (nSPS) is 16.3. The van der Waals surface area contributed by atoms with E-state index in [0.717, 1.165) is 0 Å². The highest BCUT2D eigenvalue weighted by atomic mass is 32.1. The molecule has 5 nitrogen and oxygen atoms in total. The number of Topliss-reactive ketones (excluding diaryl/α,β-unsaturated/α-hetero) is 1. The van der Waals surface area contributed by atoms with Crippen LogP contribution in [0.2, 0.25) is 0 Å². The van der Waals surface area contributed by atoms with Gasteiger partial charge in [0.25, 0.3) is 5.91 Å².